The molecule has 1 heterocycles. The van der Waals surface area contributed by atoms with E-state index in [0.717, 1.165) is 69.2 Å². The minimum atomic E-state index is -0.135. The van der Waals surface area contributed by atoms with E-state index in [4.69, 9.17) is 4.74 Å². The van der Waals surface area contributed by atoms with E-state index < -0.39 is 0 Å². The molecule has 1 saturated carbocycles. The average Bonchev–Trinajstić information content (AvgIpc) is 3.38. The van der Waals surface area contributed by atoms with Crippen LogP contribution in [0.3, 0.4) is 0 Å². The molecule has 3 amide bonds. The first-order valence-corrected chi connectivity index (χ1v) is 10.6. The topological polar surface area (TPSA) is 70.7 Å². The van der Waals surface area contributed by atoms with Crippen molar-refractivity contribution in [3.8, 4) is 0 Å². The summed E-state index contributed by atoms with van der Waals surface area (Å²) in [5.74, 6) is 0.211. The van der Waals surface area contributed by atoms with E-state index in [9.17, 15) is 9.59 Å². The van der Waals surface area contributed by atoms with Crippen molar-refractivity contribution >= 4 is 23.3 Å². The van der Waals surface area contributed by atoms with E-state index in [1.807, 2.05) is 32.2 Å². The lowest BCUT2D eigenvalue weighted by atomic mass is 10.1. The van der Waals surface area contributed by atoms with Crippen LogP contribution < -0.4 is 10.6 Å². The Morgan fingerprint density at radius 1 is 1.14 bits per heavy atom. The van der Waals surface area contributed by atoms with Gasteiger partial charge in [0.15, 0.2) is 0 Å². The molecule has 1 aliphatic heterocycles. The molecule has 0 bridgehead atoms. The molecular formula is C22H33N3O3. The summed E-state index contributed by atoms with van der Waals surface area (Å²) >= 11 is 0. The first kappa shape index (κ1) is 20.6. The maximum Gasteiger partial charge on any atom is 0.321 e. The van der Waals surface area contributed by atoms with Crippen LogP contribution in [0.15, 0.2) is 18.2 Å². The zero-order chi connectivity index (χ0) is 19.9. The van der Waals surface area contributed by atoms with Gasteiger partial charge in [-0.15, -0.1) is 0 Å². The van der Waals surface area contributed by atoms with Crippen LogP contribution in [0, 0.1) is 12.8 Å². The molecule has 0 aromatic heterocycles. The number of rotatable bonds is 7. The number of carbonyl (C=O) groups excluding carboxylic acids is 2. The first-order valence-electron chi connectivity index (χ1n) is 10.6. The van der Waals surface area contributed by atoms with Crippen molar-refractivity contribution in [1.29, 1.82) is 0 Å². The van der Waals surface area contributed by atoms with E-state index >= 15 is 0 Å². The fourth-order valence-corrected chi connectivity index (χ4v) is 4.01. The van der Waals surface area contributed by atoms with Gasteiger partial charge in [-0.3, -0.25) is 4.79 Å². The van der Waals surface area contributed by atoms with Crippen LogP contribution in [0.25, 0.3) is 0 Å². The minimum absolute atomic E-state index is 0.0929. The van der Waals surface area contributed by atoms with E-state index in [1.54, 1.807) is 4.90 Å². The third-order valence-electron chi connectivity index (χ3n) is 5.86. The van der Waals surface area contributed by atoms with Gasteiger partial charge in [0.1, 0.15) is 0 Å². The van der Waals surface area contributed by atoms with Gasteiger partial charge in [0.05, 0.1) is 6.10 Å². The zero-order valence-corrected chi connectivity index (χ0v) is 17.1. The lowest BCUT2D eigenvalue weighted by Crippen LogP contribution is -2.32. The second kappa shape index (κ2) is 9.92. The van der Waals surface area contributed by atoms with Crippen molar-refractivity contribution in [3.05, 3.63) is 23.8 Å². The second-order valence-electron chi connectivity index (χ2n) is 8.13. The summed E-state index contributed by atoms with van der Waals surface area (Å²) < 4.78 is 5.63. The highest BCUT2D eigenvalue weighted by Gasteiger charge is 2.23. The summed E-state index contributed by atoms with van der Waals surface area (Å²) in [6, 6.07) is 5.51. The van der Waals surface area contributed by atoms with Crippen molar-refractivity contribution in [1.82, 2.24) is 4.90 Å². The van der Waals surface area contributed by atoms with Gasteiger partial charge >= 0.3 is 6.03 Å². The minimum Gasteiger partial charge on any atom is -0.378 e. The van der Waals surface area contributed by atoms with Crippen molar-refractivity contribution in [2.24, 2.45) is 5.92 Å². The molecule has 1 aliphatic carbocycles. The third kappa shape index (κ3) is 5.71. The molecule has 2 aliphatic rings. The smallest absolute Gasteiger partial charge is 0.321 e. The fourth-order valence-electron chi connectivity index (χ4n) is 4.01. The quantitative estimate of drug-likeness (QED) is 0.721. The molecule has 2 N–H and O–H groups in total. The first-order chi connectivity index (χ1) is 13.5. The van der Waals surface area contributed by atoms with Gasteiger partial charge in [-0.05, 0) is 63.1 Å². The molecule has 0 spiro atoms. The molecule has 154 valence electrons. The van der Waals surface area contributed by atoms with Gasteiger partial charge in [-0.25, -0.2) is 4.79 Å². The number of benzene rings is 1. The number of ether oxygens (including phenoxy) is 1. The Morgan fingerprint density at radius 2 is 1.93 bits per heavy atom. The lowest BCUT2D eigenvalue weighted by Gasteiger charge is -2.20. The Balaban J connectivity index is 1.49. The van der Waals surface area contributed by atoms with Crippen molar-refractivity contribution < 1.29 is 14.3 Å². The van der Waals surface area contributed by atoms with E-state index in [-0.39, 0.29) is 17.9 Å². The molecule has 1 atom stereocenters. The molecule has 28 heavy (non-hydrogen) atoms. The number of hydrogen-bond acceptors (Lipinski definition) is 3. The van der Waals surface area contributed by atoms with Crippen LogP contribution in [-0.4, -0.2) is 43.1 Å². The van der Waals surface area contributed by atoms with Crippen LogP contribution in [0.4, 0.5) is 16.2 Å². The van der Waals surface area contributed by atoms with Crippen LogP contribution in [0.5, 0.6) is 0 Å². The average molecular weight is 388 g/mol. The monoisotopic (exact) mass is 387 g/mol. The van der Waals surface area contributed by atoms with Gasteiger partial charge < -0.3 is 20.3 Å². The summed E-state index contributed by atoms with van der Waals surface area (Å²) in [5, 5.41) is 5.98. The Hall–Kier alpha value is -2.08. The molecule has 0 unspecified atom stereocenters. The standard InChI is InChI=1S/C22H33N3O3/c1-16-11-12-18(15-20(16)24-21(26)17-7-3-4-8-17)23-22(27)25(2)13-5-9-19-10-6-14-28-19/h11-12,15,17,19H,3-10,13-14H2,1-2H3,(H,23,27)(H,24,26)/t19-/m1/s1. The Labute approximate surface area is 168 Å². The molecule has 2 fully saturated rings. The van der Waals surface area contributed by atoms with Crippen LogP contribution in [-0.2, 0) is 9.53 Å². The van der Waals surface area contributed by atoms with Gasteiger partial charge in [-0.1, -0.05) is 18.9 Å². The number of anilines is 2. The largest absolute Gasteiger partial charge is 0.378 e. The maximum absolute atomic E-state index is 12.5. The Morgan fingerprint density at radius 3 is 2.64 bits per heavy atom. The van der Waals surface area contributed by atoms with E-state index in [2.05, 4.69) is 10.6 Å². The maximum atomic E-state index is 12.5. The highest BCUT2D eigenvalue weighted by molar-refractivity contribution is 5.95. The summed E-state index contributed by atoms with van der Waals surface area (Å²) in [4.78, 5) is 26.6. The van der Waals surface area contributed by atoms with E-state index in [1.165, 1.54) is 0 Å². The van der Waals surface area contributed by atoms with Crippen LogP contribution >= 0.6 is 0 Å². The SMILES string of the molecule is Cc1ccc(NC(=O)N(C)CCC[C@@H]2CCCO2)cc1NC(=O)C1CCCC1. The zero-order valence-electron chi connectivity index (χ0n) is 17.1. The second-order valence-corrected chi connectivity index (χ2v) is 8.13. The number of urea groups is 1. The van der Waals surface area contributed by atoms with Crippen molar-refractivity contribution in [2.45, 2.75) is 64.4 Å². The predicted molar refractivity (Wildman–Crippen MR) is 112 cm³/mol. The van der Waals surface area contributed by atoms with Gasteiger partial charge in [-0.2, -0.15) is 0 Å². The van der Waals surface area contributed by atoms with Crippen molar-refractivity contribution in [3.63, 3.8) is 0 Å². The van der Waals surface area contributed by atoms with E-state index in [0.29, 0.717) is 18.3 Å². The summed E-state index contributed by atoms with van der Waals surface area (Å²) in [7, 11) is 1.81. The molecule has 1 aromatic rings. The number of amides is 3. The predicted octanol–water partition coefficient (Wildman–Crippen LogP) is 4.55. The van der Waals surface area contributed by atoms with Crippen LogP contribution in [0.1, 0.15) is 56.9 Å². The highest BCUT2D eigenvalue weighted by atomic mass is 16.5. The Bertz CT molecular complexity index is 680. The number of nitrogens with zero attached hydrogens (tertiary/aromatic N) is 1. The third-order valence-corrected chi connectivity index (χ3v) is 5.86. The number of aryl methyl sites for hydroxylation is 1. The van der Waals surface area contributed by atoms with Gasteiger partial charge in [0, 0.05) is 37.5 Å². The molecule has 1 aromatic carbocycles. The van der Waals surface area contributed by atoms with Crippen LogP contribution in [0.2, 0.25) is 0 Å². The number of carbonyl (C=O) groups is 2. The number of hydrogen-bond donors (Lipinski definition) is 2. The highest BCUT2D eigenvalue weighted by Crippen LogP contribution is 2.27. The summed E-state index contributed by atoms with van der Waals surface area (Å²) in [5.41, 5.74) is 2.47. The molecule has 6 nitrogen and oxygen atoms in total. The van der Waals surface area contributed by atoms with Gasteiger partial charge in [0.2, 0.25) is 5.91 Å². The Kier molecular flexibility index (Phi) is 7.31. The molecule has 6 heteroatoms. The van der Waals surface area contributed by atoms with Crippen molar-refractivity contribution in [2.75, 3.05) is 30.8 Å². The van der Waals surface area contributed by atoms with Gasteiger partial charge in [0.25, 0.3) is 0 Å². The summed E-state index contributed by atoms with van der Waals surface area (Å²) in [6.45, 7) is 3.53. The molecule has 0 radical (unpaired) electrons. The fraction of sp³-hybridized carbons (Fsp3) is 0.636. The summed E-state index contributed by atoms with van der Waals surface area (Å²) in [6.07, 6.45) is 8.78. The molecule has 3 rings (SSSR count). The number of nitrogens with one attached hydrogen (secondary N) is 2. The lowest BCUT2D eigenvalue weighted by molar-refractivity contribution is -0.119. The normalized spacial score (nSPS) is 19.6. The molecular weight excluding hydrogens is 354 g/mol. The molecule has 1 saturated heterocycles.